The molecule has 0 fully saturated rings. The largest absolute Gasteiger partial charge is 0.381 e. The van der Waals surface area contributed by atoms with Crippen LogP contribution in [-0.4, -0.2) is 4.98 Å². The van der Waals surface area contributed by atoms with Crippen LogP contribution >= 0.6 is 23.2 Å². The van der Waals surface area contributed by atoms with Crippen LogP contribution in [0.5, 0.6) is 0 Å². The average Bonchev–Trinajstić information content (AvgIpc) is 2.27. The second-order valence-electron chi connectivity index (χ2n) is 3.81. The van der Waals surface area contributed by atoms with Crippen LogP contribution in [0.1, 0.15) is 11.1 Å². The van der Waals surface area contributed by atoms with Gasteiger partial charge in [-0.05, 0) is 42.3 Å². The van der Waals surface area contributed by atoms with Crippen molar-refractivity contribution in [2.45, 2.75) is 13.5 Å². The van der Waals surface area contributed by atoms with Crippen molar-refractivity contribution < 1.29 is 0 Å². The zero-order chi connectivity index (χ0) is 12.3. The van der Waals surface area contributed by atoms with E-state index in [0.29, 0.717) is 16.6 Å². The van der Waals surface area contributed by atoms with Gasteiger partial charge in [0.05, 0.1) is 0 Å². The molecule has 0 bridgehead atoms. The van der Waals surface area contributed by atoms with Crippen LogP contribution in [0, 0.1) is 6.92 Å². The molecule has 0 aliphatic heterocycles. The highest BCUT2D eigenvalue weighted by atomic mass is 35.5. The number of hydrogen-bond acceptors (Lipinski definition) is 2. The minimum absolute atomic E-state index is 0.628. The Hall–Kier alpha value is -1.25. The molecule has 0 amide bonds. The van der Waals surface area contributed by atoms with Gasteiger partial charge < -0.3 is 5.32 Å². The van der Waals surface area contributed by atoms with Crippen LogP contribution in [0.25, 0.3) is 0 Å². The molecule has 17 heavy (non-hydrogen) atoms. The Balaban J connectivity index is 2.10. The van der Waals surface area contributed by atoms with E-state index in [4.69, 9.17) is 23.2 Å². The highest BCUT2D eigenvalue weighted by Gasteiger charge is 2.00. The van der Waals surface area contributed by atoms with Gasteiger partial charge in [-0.1, -0.05) is 23.2 Å². The Labute approximate surface area is 111 Å². The van der Waals surface area contributed by atoms with E-state index in [-0.39, 0.29) is 0 Å². The number of anilines is 1. The first-order valence-corrected chi connectivity index (χ1v) is 6.00. The molecule has 0 radical (unpaired) electrons. The van der Waals surface area contributed by atoms with Crippen molar-refractivity contribution in [1.82, 2.24) is 4.98 Å². The third kappa shape index (κ3) is 3.35. The van der Waals surface area contributed by atoms with Crippen molar-refractivity contribution in [3.8, 4) is 0 Å². The topological polar surface area (TPSA) is 24.9 Å². The maximum Gasteiger partial charge on any atom is 0.0441 e. The standard InChI is InChI=1S/C13H12Cl2N2/c1-9-2-3-16-7-10(9)8-17-13-5-11(14)4-12(15)6-13/h2-7,17H,8H2,1H3. The van der Waals surface area contributed by atoms with E-state index in [1.165, 1.54) is 5.56 Å². The van der Waals surface area contributed by atoms with Gasteiger partial charge in [-0.3, -0.25) is 4.98 Å². The third-order valence-corrected chi connectivity index (χ3v) is 2.93. The van der Waals surface area contributed by atoms with Crippen LogP contribution in [0.4, 0.5) is 5.69 Å². The molecule has 1 N–H and O–H groups in total. The zero-order valence-electron chi connectivity index (χ0n) is 9.37. The molecule has 1 heterocycles. The molecular formula is C13H12Cl2N2. The maximum atomic E-state index is 5.93. The van der Waals surface area contributed by atoms with Crippen molar-refractivity contribution >= 4 is 28.9 Å². The smallest absolute Gasteiger partial charge is 0.0441 e. The lowest BCUT2D eigenvalue weighted by Gasteiger charge is -2.09. The highest BCUT2D eigenvalue weighted by Crippen LogP contribution is 2.23. The molecule has 88 valence electrons. The molecule has 0 spiro atoms. The average molecular weight is 267 g/mol. The van der Waals surface area contributed by atoms with Gasteiger partial charge in [0.15, 0.2) is 0 Å². The number of hydrogen-bond donors (Lipinski definition) is 1. The van der Waals surface area contributed by atoms with Crippen LogP contribution < -0.4 is 5.32 Å². The fourth-order valence-electron chi connectivity index (χ4n) is 1.53. The summed E-state index contributed by atoms with van der Waals surface area (Å²) in [4.78, 5) is 4.10. The number of nitrogens with zero attached hydrogens (tertiary/aromatic N) is 1. The summed E-state index contributed by atoms with van der Waals surface area (Å²) in [5.74, 6) is 0. The lowest BCUT2D eigenvalue weighted by atomic mass is 10.1. The van der Waals surface area contributed by atoms with Gasteiger partial charge in [0.2, 0.25) is 0 Å². The molecule has 4 heteroatoms. The first kappa shape index (κ1) is 12.2. The van der Waals surface area contributed by atoms with Crippen molar-refractivity contribution in [2.75, 3.05) is 5.32 Å². The van der Waals surface area contributed by atoms with Crippen molar-refractivity contribution in [2.24, 2.45) is 0 Å². The Morgan fingerprint density at radius 2 is 1.88 bits per heavy atom. The monoisotopic (exact) mass is 266 g/mol. The van der Waals surface area contributed by atoms with Crippen LogP contribution in [0.3, 0.4) is 0 Å². The second kappa shape index (κ2) is 5.39. The van der Waals surface area contributed by atoms with Crippen molar-refractivity contribution in [1.29, 1.82) is 0 Å². The number of halogens is 2. The van der Waals surface area contributed by atoms with Crippen LogP contribution in [-0.2, 0) is 6.54 Å². The molecule has 0 unspecified atom stereocenters. The minimum Gasteiger partial charge on any atom is -0.381 e. The Morgan fingerprint density at radius 1 is 1.18 bits per heavy atom. The fraction of sp³-hybridized carbons (Fsp3) is 0.154. The van der Waals surface area contributed by atoms with Gasteiger partial charge in [0, 0.05) is 34.7 Å². The van der Waals surface area contributed by atoms with Gasteiger partial charge in [0.25, 0.3) is 0 Å². The lowest BCUT2D eigenvalue weighted by Crippen LogP contribution is -2.01. The number of aromatic nitrogens is 1. The van der Waals surface area contributed by atoms with Gasteiger partial charge in [-0.25, -0.2) is 0 Å². The van der Waals surface area contributed by atoms with Gasteiger partial charge in [-0.2, -0.15) is 0 Å². The second-order valence-corrected chi connectivity index (χ2v) is 4.69. The summed E-state index contributed by atoms with van der Waals surface area (Å²) in [5, 5.41) is 4.53. The summed E-state index contributed by atoms with van der Waals surface area (Å²) in [5.41, 5.74) is 3.27. The highest BCUT2D eigenvalue weighted by molar-refractivity contribution is 6.35. The summed E-state index contributed by atoms with van der Waals surface area (Å²) in [6.45, 7) is 2.76. The van der Waals surface area contributed by atoms with Gasteiger partial charge >= 0.3 is 0 Å². The van der Waals surface area contributed by atoms with Crippen molar-refractivity contribution in [3.63, 3.8) is 0 Å². The summed E-state index contributed by atoms with van der Waals surface area (Å²) in [6, 6.07) is 7.39. The first-order valence-electron chi connectivity index (χ1n) is 5.24. The lowest BCUT2D eigenvalue weighted by molar-refractivity contribution is 1.08. The molecule has 2 rings (SSSR count). The normalized spacial score (nSPS) is 10.3. The summed E-state index contributed by atoms with van der Waals surface area (Å²) < 4.78 is 0. The van der Waals surface area contributed by atoms with E-state index in [1.54, 1.807) is 12.3 Å². The SMILES string of the molecule is Cc1ccncc1CNc1cc(Cl)cc(Cl)c1. The molecular weight excluding hydrogens is 255 g/mol. The van der Waals surface area contributed by atoms with Crippen LogP contribution in [0.15, 0.2) is 36.7 Å². The minimum atomic E-state index is 0.628. The van der Waals surface area contributed by atoms with E-state index in [2.05, 4.69) is 17.2 Å². The summed E-state index contributed by atoms with van der Waals surface area (Å²) >= 11 is 11.9. The predicted octanol–water partition coefficient (Wildman–Crippen LogP) is 4.31. The quantitative estimate of drug-likeness (QED) is 0.896. The number of pyridine rings is 1. The predicted molar refractivity (Wildman–Crippen MR) is 72.8 cm³/mol. The van der Waals surface area contributed by atoms with E-state index in [1.807, 2.05) is 24.4 Å². The summed E-state index contributed by atoms with van der Waals surface area (Å²) in [6.07, 6.45) is 3.64. The van der Waals surface area contributed by atoms with Gasteiger partial charge in [0.1, 0.15) is 0 Å². The number of rotatable bonds is 3. The Kier molecular flexibility index (Phi) is 3.87. The molecule has 1 aromatic carbocycles. The summed E-state index contributed by atoms with van der Waals surface area (Å²) in [7, 11) is 0. The fourth-order valence-corrected chi connectivity index (χ4v) is 2.06. The maximum absolute atomic E-state index is 5.93. The molecule has 1 aromatic heterocycles. The molecule has 0 atom stereocenters. The molecule has 2 nitrogen and oxygen atoms in total. The van der Waals surface area contributed by atoms with E-state index < -0.39 is 0 Å². The molecule has 0 saturated carbocycles. The Bertz CT molecular complexity index is 506. The Morgan fingerprint density at radius 3 is 2.53 bits per heavy atom. The van der Waals surface area contributed by atoms with E-state index in [0.717, 1.165) is 11.3 Å². The number of benzene rings is 1. The molecule has 0 aliphatic rings. The zero-order valence-corrected chi connectivity index (χ0v) is 10.9. The first-order chi connectivity index (χ1) is 8.15. The molecule has 2 aromatic rings. The third-order valence-electron chi connectivity index (χ3n) is 2.49. The van der Waals surface area contributed by atoms with Gasteiger partial charge in [-0.15, -0.1) is 0 Å². The van der Waals surface area contributed by atoms with E-state index >= 15 is 0 Å². The number of nitrogens with one attached hydrogen (secondary N) is 1. The van der Waals surface area contributed by atoms with Crippen molar-refractivity contribution in [3.05, 3.63) is 57.8 Å². The molecule has 0 saturated heterocycles. The molecule has 0 aliphatic carbocycles. The van der Waals surface area contributed by atoms with E-state index in [9.17, 15) is 0 Å². The van der Waals surface area contributed by atoms with Crippen LogP contribution in [0.2, 0.25) is 10.0 Å². The number of aryl methyl sites for hydroxylation is 1.